The van der Waals surface area contributed by atoms with E-state index in [1.54, 1.807) is 20.8 Å². The van der Waals surface area contributed by atoms with Crippen molar-refractivity contribution in [3.63, 3.8) is 0 Å². The molecule has 0 unspecified atom stereocenters. The summed E-state index contributed by atoms with van der Waals surface area (Å²) < 4.78 is 17.4. The molecule has 0 bridgehead atoms. The number of amides is 2. The number of anilines is 1. The molecule has 0 aliphatic heterocycles. The van der Waals surface area contributed by atoms with E-state index in [4.69, 9.17) is 25.4 Å². The number of hydrogen-bond acceptors (Lipinski definition) is 5. The van der Waals surface area contributed by atoms with Crippen LogP contribution >= 0.6 is 0 Å². The average molecular weight is 366 g/mol. The van der Waals surface area contributed by atoms with Gasteiger partial charge in [0.2, 0.25) is 11.7 Å². The second kappa shape index (κ2) is 9.74. The molecule has 26 heavy (non-hydrogen) atoms. The van der Waals surface area contributed by atoms with Gasteiger partial charge in [-0.1, -0.05) is 0 Å². The number of nitrogens with one attached hydrogen (secondary N) is 2. The lowest BCUT2D eigenvalue weighted by Crippen LogP contribution is -2.47. The van der Waals surface area contributed by atoms with Crippen molar-refractivity contribution in [1.29, 1.82) is 5.41 Å². The molecule has 0 aliphatic rings. The number of carbonyl (C=O) groups is 1. The third-order valence-electron chi connectivity index (χ3n) is 3.67. The van der Waals surface area contributed by atoms with Gasteiger partial charge in [0.1, 0.15) is 0 Å². The number of hydrogen-bond donors (Lipinski definition) is 3. The Balaban J connectivity index is 3.79. The average Bonchev–Trinajstić information content (AvgIpc) is 2.58. The van der Waals surface area contributed by atoms with E-state index in [1.165, 1.54) is 0 Å². The molecule has 0 aromatic heterocycles. The van der Waals surface area contributed by atoms with E-state index in [2.05, 4.69) is 5.32 Å². The second-order valence-electron chi connectivity index (χ2n) is 5.44. The van der Waals surface area contributed by atoms with Gasteiger partial charge in [0.25, 0.3) is 0 Å². The van der Waals surface area contributed by atoms with Crippen LogP contribution in [0.4, 0.5) is 10.5 Å². The molecule has 1 rings (SSSR count). The van der Waals surface area contributed by atoms with E-state index in [0.29, 0.717) is 60.4 Å². The Morgan fingerprint density at radius 3 is 1.73 bits per heavy atom. The van der Waals surface area contributed by atoms with Crippen LogP contribution in [0.1, 0.15) is 38.8 Å². The molecule has 0 heterocycles. The number of guanidine groups is 1. The number of nitrogens with two attached hydrogens (primary N) is 1. The fourth-order valence-corrected chi connectivity index (χ4v) is 2.75. The summed E-state index contributed by atoms with van der Waals surface area (Å²) in [5.74, 6) is 1.06. The first-order valence-corrected chi connectivity index (χ1v) is 8.82. The van der Waals surface area contributed by atoms with Crippen LogP contribution in [0, 0.1) is 19.3 Å². The Kier molecular flexibility index (Phi) is 8.02. The van der Waals surface area contributed by atoms with Gasteiger partial charge in [-0.2, -0.15) is 0 Å². The van der Waals surface area contributed by atoms with Crippen LogP contribution in [-0.4, -0.2) is 38.4 Å². The first-order valence-electron chi connectivity index (χ1n) is 8.82. The predicted molar refractivity (Wildman–Crippen MR) is 103 cm³/mol. The van der Waals surface area contributed by atoms with Crippen LogP contribution in [0.25, 0.3) is 0 Å². The highest BCUT2D eigenvalue weighted by Gasteiger charge is 2.30. The van der Waals surface area contributed by atoms with Gasteiger partial charge in [0, 0.05) is 17.7 Å². The normalized spacial score (nSPS) is 10.2. The minimum Gasteiger partial charge on any atom is -0.489 e. The minimum absolute atomic E-state index is 0.392. The van der Waals surface area contributed by atoms with Crippen LogP contribution in [0.2, 0.25) is 0 Å². The zero-order valence-electron chi connectivity index (χ0n) is 16.5. The summed E-state index contributed by atoms with van der Waals surface area (Å²) in [6, 6.07) is -0.486. The highest BCUT2D eigenvalue weighted by molar-refractivity contribution is 6.15. The summed E-state index contributed by atoms with van der Waals surface area (Å²) in [7, 11) is 0. The van der Waals surface area contributed by atoms with Crippen molar-refractivity contribution < 1.29 is 19.0 Å². The largest absolute Gasteiger partial charge is 0.489 e. The zero-order valence-corrected chi connectivity index (χ0v) is 16.5. The maximum Gasteiger partial charge on any atom is 0.328 e. The fourth-order valence-electron chi connectivity index (χ4n) is 2.75. The molecule has 1 aromatic carbocycles. The van der Waals surface area contributed by atoms with Gasteiger partial charge >= 0.3 is 6.03 Å². The number of rotatable bonds is 8. The molecule has 0 saturated carbocycles. The maximum atomic E-state index is 12.5. The third-order valence-corrected chi connectivity index (χ3v) is 3.67. The first-order chi connectivity index (χ1) is 12.3. The molecule has 8 heteroatoms. The maximum absolute atomic E-state index is 12.5. The van der Waals surface area contributed by atoms with Gasteiger partial charge in [-0.25, -0.2) is 9.69 Å². The van der Waals surface area contributed by atoms with Crippen LogP contribution in [0.3, 0.4) is 0 Å². The zero-order chi connectivity index (χ0) is 19.9. The van der Waals surface area contributed by atoms with Crippen molar-refractivity contribution in [2.24, 2.45) is 5.73 Å². The smallest absolute Gasteiger partial charge is 0.328 e. The van der Waals surface area contributed by atoms with Crippen molar-refractivity contribution in [2.75, 3.05) is 31.3 Å². The van der Waals surface area contributed by atoms with Crippen molar-refractivity contribution in [2.45, 2.75) is 41.5 Å². The van der Waals surface area contributed by atoms with Crippen molar-refractivity contribution in [3.8, 4) is 17.2 Å². The molecule has 0 saturated heterocycles. The molecule has 0 aliphatic carbocycles. The summed E-state index contributed by atoms with van der Waals surface area (Å²) in [4.78, 5) is 13.6. The molecule has 0 fully saturated rings. The van der Waals surface area contributed by atoms with Crippen LogP contribution in [-0.2, 0) is 0 Å². The van der Waals surface area contributed by atoms with Gasteiger partial charge in [0.05, 0.1) is 25.5 Å². The lowest BCUT2D eigenvalue weighted by atomic mass is 10.0. The Morgan fingerprint density at radius 2 is 1.38 bits per heavy atom. The standard InChI is InChI=1S/C18H30N4O4/c1-7-21-18(23)22(17(19)20)13-11(5)14(24-8-2)16(26-10-4)15(12(13)6)25-9-3/h7-10H2,1-6H3,(H3,19,20)(H,21,23). The lowest BCUT2D eigenvalue weighted by Gasteiger charge is -2.28. The van der Waals surface area contributed by atoms with E-state index in [9.17, 15) is 4.79 Å². The predicted octanol–water partition coefficient (Wildman–Crippen LogP) is 2.93. The summed E-state index contributed by atoms with van der Waals surface area (Å²) in [6.07, 6.45) is 0. The van der Waals surface area contributed by atoms with Crippen LogP contribution in [0.5, 0.6) is 17.2 Å². The summed E-state index contributed by atoms with van der Waals surface area (Å²) in [5.41, 5.74) is 7.48. The number of urea groups is 1. The molecule has 8 nitrogen and oxygen atoms in total. The number of ether oxygens (including phenoxy) is 3. The summed E-state index contributed by atoms with van der Waals surface area (Å²) >= 11 is 0. The molecule has 1 aromatic rings. The quantitative estimate of drug-likeness (QED) is 0.484. The summed E-state index contributed by atoms with van der Waals surface area (Å²) in [6.45, 7) is 12.7. The topological polar surface area (TPSA) is 110 Å². The van der Waals surface area contributed by atoms with Crippen LogP contribution < -0.4 is 30.2 Å². The molecule has 0 atom stereocenters. The molecule has 0 spiro atoms. The molecule has 4 N–H and O–H groups in total. The van der Waals surface area contributed by atoms with Crippen molar-refractivity contribution in [3.05, 3.63) is 11.1 Å². The van der Waals surface area contributed by atoms with E-state index >= 15 is 0 Å². The van der Waals surface area contributed by atoms with Crippen molar-refractivity contribution in [1.82, 2.24) is 5.32 Å². The molecular formula is C18H30N4O4. The van der Waals surface area contributed by atoms with E-state index in [1.807, 2.05) is 20.8 Å². The number of benzene rings is 1. The van der Waals surface area contributed by atoms with E-state index in [0.717, 1.165) is 4.90 Å². The molecule has 146 valence electrons. The monoisotopic (exact) mass is 366 g/mol. The highest BCUT2D eigenvalue weighted by atomic mass is 16.5. The van der Waals surface area contributed by atoms with Gasteiger partial charge in [0.15, 0.2) is 11.5 Å². The van der Waals surface area contributed by atoms with Crippen LogP contribution in [0.15, 0.2) is 0 Å². The second-order valence-corrected chi connectivity index (χ2v) is 5.44. The van der Waals surface area contributed by atoms with E-state index in [-0.39, 0.29) is 0 Å². The van der Waals surface area contributed by atoms with Gasteiger partial charge in [-0.3, -0.25) is 5.41 Å². The highest BCUT2D eigenvalue weighted by Crippen LogP contribution is 2.48. The van der Waals surface area contributed by atoms with Gasteiger partial charge in [-0.05, 0) is 41.5 Å². The Bertz CT molecular complexity index is 628. The Morgan fingerprint density at radius 1 is 0.962 bits per heavy atom. The van der Waals surface area contributed by atoms with Gasteiger partial charge < -0.3 is 25.3 Å². The fraction of sp³-hybridized carbons (Fsp3) is 0.556. The van der Waals surface area contributed by atoms with Gasteiger partial charge in [-0.15, -0.1) is 0 Å². The van der Waals surface area contributed by atoms with E-state index < -0.39 is 12.0 Å². The molecule has 2 amide bonds. The van der Waals surface area contributed by atoms with Crippen molar-refractivity contribution >= 4 is 17.7 Å². The third kappa shape index (κ3) is 4.30. The Hall–Kier alpha value is -2.64. The molecule has 0 radical (unpaired) electrons. The molecular weight excluding hydrogens is 336 g/mol. The Labute approximate surface area is 155 Å². The first kappa shape index (κ1) is 21.4. The summed E-state index contributed by atoms with van der Waals surface area (Å²) in [5, 5.41) is 10.6. The minimum atomic E-state index is -0.486. The lowest BCUT2D eigenvalue weighted by molar-refractivity contribution is 0.249. The SMILES string of the molecule is CCNC(=O)N(C(=N)N)c1c(C)c(OCC)c(OCC)c(OCC)c1C. The number of carbonyl (C=O) groups excluding carboxylic acids is 1. The number of nitrogens with zero attached hydrogens (tertiary/aromatic N) is 1.